The lowest BCUT2D eigenvalue weighted by atomic mass is 9.91. The molecule has 0 aromatic heterocycles. The van der Waals surface area contributed by atoms with E-state index in [9.17, 15) is 4.39 Å². The van der Waals surface area contributed by atoms with Crippen LogP contribution in [0.25, 0.3) is 0 Å². The van der Waals surface area contributed by atoms with Crippen LogP contribution in [0.4, 0.5) is 4.39 Å². The molecule has 2 rings (SSSR count). The number of benzene rings is 1. The summed E-state index contributed by atoms with van der Waals surface area (Å²) in [6.07, 6.45) is 5.87. The standard InChI is InChI=1S/C15H23FN2/c1-2-11-6-7-13(8-11)15(18-17)10-12-4-3-5-14(16)9-12/h3-5,9,11,13,15,18H,2,6-8,10,17H2,1H3. The minimum atomic E-state index is -0.166. The number of halogens is 1. The molecule has 0 spiro atoms. The molecule has 3 unspecified atom stereocenters. The summed E-state index contributed by atoms with van der Waals surface area (Å²) >= 11 is 0. The van der Waals surface area contributed by atoms with Gasteiger partial charge in [-0.25, -0.2) is 4.39 Å². The summed E-state index contributed by atoms with van der Waals surface area (Å²) in [4.78, 5) is 0. The first-order valence-electron chi connectivity index (χ1n) is 6.93. The van der Waals surface area contributed by atoms with Gasteiger partial charge >= 0.3 is 0 Å². The Bertz CT molecular complexity index is 381. The maximum atomic E-state index is 13.2. The second-order valence-electron chi connectivity index (χ2n) is 5.45. The van der Waals surface area contributed by atoms with Crippen LogP contribution >= 0.6 is 0 Å². The van der Waals surface area contributed by atoms with Crippen molar-refractivity contribution in [2.75, 3.05) is 0 Å². The summed E-state index contributed by atoms with van der Waals surface area (Å²) in [6, 6.07) is 7.10. The van der Waals surface area contributed by atoms with Crippen molar-refractivity contribution in [3.63, 3.8) is 0 Å². The van der Waals surface area contributed by atoms with Crippen LogP contribution in [-0.2, 0) is 6.42 Å². The molecule has 0 aliphatic heterocycles. The SMILES string of the molecule is CCC1CCC(C(Cc2cccc(F)c2)NN)C1. The number of rotatable bonds is 5. The van der Waals surface area contributed by atoms with E-state index in [0.717, 1.165) is 17.9 Å². The Morgan fingerprint density at radius 3 is 2.89 bits per heavy atom. The Balaban J connectivity index is 1.97. The number of hydrazine groups is 1. The Morgan fingerprint density at radius 2 is 2.28 bits per heavy atom. The second kappa shape index (κ2) is 6.30. The Kier molecular flexibility index (Phi) is 4.72. The number of nitrogens with two attached hydrogens (primary N) is 1. The van der Waals surface area contributed by atoms with Gasteiger partial charge in [-0.05, 0) is 48.8 Å². The van der Waals surface area contributed by atoms with Crippen LogP contribution in [0, 0.1) is 17.7 Å². The summed E-state index contributed by atoms with van der Waals surface area (Å²) in [5, 5.41) is 0. The molecule has 2 nitrogen and oxygen atoms in total. The molecular formula is C15H23FN2. The molecule has 3 heteroatoms. The summed E-state index contributed by atoms with van der Waals surface area (Å²) in [7, 11) is 0. The van der Waals surface area contributed by atoms with Crippen molar-refractivity contribution in [2.24, 2.45) is 17.7 Å². The van der Waals surface area contributed by atoms with Gasteiger partial charge in [-0.3, -0.25) is 11.3 Å². The van der Waals surface area contributed by atoms with Crippen molar-refractivity contribution in [1.82, 2.24) is 5.43 Å². The van der Waals surface area contributed by atoms with Gasteiger partial charge in [0.1, 0.15) is 5.82 Å². The molecule has 1 saturated carbocycles. The fourth-order valence-electron chi connectivity index (χ4n) is 3.13. The van der Waals surface area contributed by atoms with Crippen molar-refractivity contribution in [3.8, 4) is 0 Å². The predicted molar refractivity (Wildman–Crippen MR) is 72.3 cm³/mol. The zero-order valence-electron chi connectivity index (χ0n) is 11.0. The molecule has 0 amide bonds. The van der Waals surface area contributed by atoms with Gasteiger partial charge in [-0.15, -0.1) is 0 Å². The molecule has 0 heterocycles. The van der Waals surface area contributed by atoms with Crippen molar-refractivity contribution in [3.05, 3.63) is 35.6 Å². The smallest absolute Gasteiger partial charge is 0.123 e. The van der Waals surface area contributed by atoms with E-state index >= 15 is 0 Å². The third-order valence-electron chi connectivity index (χ3n) is 4.29. The molecule has 3 atom stereocenters. The largest absolute Gasteiger partial charge is 0.271 e. The van der Waals surface area contributed by atoms with Gasteiger partial charge < -0.3 is 0 Å². The molecular weight excluding hydrogens is 227 g/mol. The van der Waals surface area contributed by atoms with E-state index in [0.29, 0.717) is 5.92 Å². The number of hydrogen-bond acceptors (Lipinski definition) is 2. The van der Waals surface area contributed by atoms with Gasteiger partial charge in [-0.1, -0.05) is 31.9 Å². The minimum absolute atomic E-state index is 0.166. The summed E-state index contributed by atoms with van der Waals surface area (Å²) < 4.78 is 13.2. The zero-order chi connectivity index (χ0) is 13.0. The molecule has 100 valence electrons. The maximum absolute atomic E-state index is 13.2. The Hall–Kier alpha value is -0.930. The first-order chi connectivity index (χ1) is 8.72. The van der Waals surface area contributed by atoms with Gasteiger partial charge in [-0.2, -0.15) is 0 Å². The Morgan fingerprint density at radius 1 is 1.44 bits per heavy atom. The molecule has 1 aliphatic carbocycles. The monoisotopic (exact) mass is 250 g/mol. The van der Waals surface area contributed by atoms with Gasteiger partial charge in [0, 0.05) is 6.04 Å². The first-order valence-corrected chi connectivity index (χ1v) is 6.93. The van der Waals surface area contributed by atoms with Crippen LogP contribution in [0.5, 0.6) is 0 Å². The zero-order valence-corrected chi connectivity index (χ0v) is 11.0. The lowest BCUT2D eigenvalue weighted by Crippen LogP contribution is -2.41. The van der Waals surface area contributed by atoms with Gasteiger partial charge in [0.25, 0.3) is 0 Å². The van der Waals surface area contributed by atoms with E-state index in [4.69, 9.17) is 5.84 Å². The predicted octanol–water partition coefficient (Wildman–Crippen LogP) is 3.03. The van der Waals surface area contributed by atoms with E-state index in [1.54, 1.807) is 12.1 Å². The summed E-state index contributed by atoms with van der Waals surface area (Å²) in [5.74, 6) is 6.99. The quantitative estimate of drug-likeness (QED) is 0.622. The number of nitrogens with one attached hydrogen (secondary N) is 1. The fourth-order valence-corrected chi connectivity index (χ4v) is 3.13. The average Bonchev–Trinajstić information content (AvgIpc) is 2.84. The lowest BCUT2D eigenvalue weighted by Gasteiger charge is -2.23. The molecule has 18 heavy (non-hydrogen) atoms. The molecule has 1 aromatic rings. The van der Waals surface area contributed by atoms with E-state index < -0.39 is 0 Å². The van der Waals surface area contributed by atoms with E-state index in [1.165, 1.54) is 31.7 Å². The van der Waals surface area contributed by atoms with Crippen molar-refractivity contribution in [1.29, 1.82) is 0 Å². The fraction of sp³-hybridized carbons (Fsp3) is 0.600. The molecule has 1 fully saturated rings. The molecule has 0 radical (unpaired) electrons. The average molecular weight is 250 g/mol. The van der Waals surface area contributed by atoms with E-state index in [2.05, 4.69) is 12.3 Å². The highest BCUT2D eigenvalue weighted by Crippen LogP contribution is 2.35. The van der Waals surface area contributed by atoms with Crippen LogP contribution in [0.3, 0.4) is 0 Å². The van der Waals surface area contributed by atoms with Crippen molar-refractivity contribution >= 4 is 0 Å². The molecule has 1 aromatic carbocycles. The third-order valence-corrected chi connectivity index (χ3v) is 4.29. The molecule has 3 N–H and O–H groups in total. The van der Waals surface area contributed by atoms with Gasteiger partial charge in [0.2, 0.25) is 0 Å². The minimum Gasteiger partial charge on any atom is -0.271 e. The summed E-state index contributed by atoms with van der Waals surface area (Å²) in [5.41, 5.74) is 3.96. The Labute approximate surface area is 109 Å². The molecule has 0 saturated heterocycles. The highest BCUT2D eigenvalue weighted by Gasteiger charge is 2.29. The highest BCUT2D eigenvalue weighted by molar-refractivity contribution is 5.17. The van der Waals surface area contributed by atoms with Crippen molar-refractivity contribution < 1.29 is 4.39 Å². The molecule has 0 bridgehead atoms. The maximum Gasteiger partial charge on any atom is 0.123 e. The number of hydrogen-bond donors (Lipinski definition) is 2. The van der Waals surface area contributed by atoms with Crippen LogP contribution in [-0.4, -0.2) is 6.04 Å². The van der Waals surface area contributed by atoms with Crippen LogP contribution in [0.1, 0.15) is 38.2 Å². The second-order valence-corrected chi connectivity index (χ2v) is 5.45. The topological polar surface area (TPSA) is 38.0 Å². The van der Waals surface area contributed by atoms with Crippen LogP contribution in [0.15, 0.2) is 24.3 Å². The summed E-state index contributed by atoms with van der Waals surface area (Å²) in [6.45, 7) is 2.25. The van der Waals surface area contributed by atoms with Crippen LogP contribution in [0.2, 0.25) is 0 Å². The molecule has 1 aliphatic rings. The van der Waals surface area contributed by atoms with E-state index in [1.807, 2.05) is 6.07 Å². The van der Waals surface area contributed by atoms with Gasteiger partial charge in [0.15, 0.2) is 0 Å². The first kappa shape index (κ1) is 13.5. The van der Waals surface area contributed by atoms with E-state index in [-0.39, 0.29) is 11.9 Å². The van der Waals surface area contributed by atoms with Crippen molar-refractivity contribution in [2.45, 2.75) is 45.1 Å². The lowest BCUT2D eigenvalue weighted by molar-refractivity contribution is 0.347. The van der Waals surface area contributed by atoms with Crippen LogP contribution < -0.4 is 11.3 Å². The third kappa shape index (κ3) is 3.30. The normalized spacial score (nSPS) is 25.3. The highest BCUT2D eigenvalue weighted by atomic mass is 19.1. The van der Waals surface area contributed by atoms with Gasteiger partial charge in [0.05, 0.1) is 0 Å².